The molecule has 2 atom stereocenters. The van der Waals surface area contributed by atoms with E-state index in [1.165, 1.54) is 4.68 Å². The number of isocyanates is 1. The Morgan fingerprint density at radius 2 is 2.03 bits per heavy atom. The van der Waals surface area contributed by atoms with Crippen LogP contribution in [0.4, 0.5) is 10.6 Å². The number of esters is 1. The van der Waals surface area contributed by atoms with E-state index in [1.54, 1.807) is 27.0 Å². The molecule has 160 valence electrons. The first-order chi connectivity index (χ1) is 13.5. The standard InChI is InChI=1S/C20H31N5O4/c1-7-29-17(27)15-13(2)24-25(6)16(15)23-18(28)22-14-8-19(3,4)10-20(5,9-14)11-21-12-26/h14H,7-11H2,1-6H3,(H2,22,23,28). The van der Waals surface area contributed by atoms with Crippen LogP contribution in [-0.2, 0) is 16.6 Å². The number of carbonyl (C=O) groups is 2. The van der Waals surface area contributed by atoms with E-state index < -0.39 is 12.0 Å². The van der Waals surface area contributed by atoms with E-state index in [9.17, 15) is 14.4 Å². The minimum Gasteiger partial charge on any atom is -0.462 e. The normalized spacial score (nSPS) is 23.0. The summed E-state index contributed by atoms with van der Waals surface area (Å²) < 4.78 is 6.53. The van der Waals surface area contributed by atoms with Crippen molar-refractivity contribution in [3.8, 4) is 0 Å². The highest BCUT2D eigenvalue weighted by molar-refractivity contribution is 6.00. The average molecular weight is 405 g/mol. The minimum atomic E-state index is -0.522. The van der Waals surface area contributed by atoms with Crippen molar-refractivity contribution in [2.45, 2.75) is 59.9 Å². The van der Waals surface area contributed by atoms with Gasteiger partial charge in [0.25, 0.3) is 0 Å². The van der Waals surface area contributed by atoms with E-state index in [0.717, 1.165) is 12.8 Å². The molecular formula is C20H31N5O4. The molecule has 0 saturated heterocycles. The molecular weight excluding hydrogens is 374 g/mol. The monoisotopic (exact) mass is 405 g/mol. The van der Waals surface area contributed by atoms with Crippen LogP contribution in [0, 0.1) is 17.8 Å². The molecule has 0 aromatic carbocycles. The Morgan fingerprint density at radius 1 is 1.34 bits per heavy atom. The third-order valence-electron chi connectivity index (χ3n) is 5.24. The molecule has 1 aromatic rings. The van der Waals surface area contributed by atoms with Gasteiger partial charge in [0, 0.05) is 13.1 Å². The summed E-state index contributed by atoms with van der Waals surface area (Å²) >= 11 is 0. The van der Waals surface area contributed by atoms with Gasteiger partial charge in [-0.15, -0.1) is 0 Å². The minimum absolute atomic E-state index is 0.0113. The van der Waals surface area contributed by atoms with Crippen LogP contribution < -0.4 is 10.6 Å². The molecule has 1 aliphatic rings. The molecule has 1 aliphatic carbocycles. The van der Waals surface area contributed by atoms with Gasteiger partial charge in [-0.3, -0.25) is 10.00 Å². The van der Waals surface area contributed by atoms with Crippen LogP contribution in [0.1, 0.15) is 63.0 Å². The lowest BCUT2D eigenvalue weighted by atomic mass is 9.62. The Balaban J connectivity index is 2.14. The lowest BCUT2D eigenvalue weighted by Gasteiger charge is -2.46. The van der Waals surface area contributed by atoms with E-state index in [0.29, 0.717) is 24.5 Å². The van der Waals surface area contributed by atoms with Crippen molar-refractivity contribution in [1.82, 2.24) is 15.1 Å². The Kier molecular flexibility index (Phi) is 6.85. The number of amides is 2. The van der Waals surface area contributed by atoms with Crippen LogP contribution in [0.15, 0.2) is 4.99 Å². The SMILES string of the molecule is CCOC(=O)c1c(C)nn(C)c1NC(=O)NC1CC(C)(C)CC(C)(CN=C=O)C1. The van der Waals surface area contributed by atoms with Crippen molar-refractivity contribution in [1.29, 1.82) is 0 Å². The summed E-state index contributed by atoms with van der Waals surface area (Å²) in [7, 11) is 1.66. The van der Waals surface area contributed by atoms with Gasteiger partial charge >= 0.3 is 12.0 Å². The number of hydrogen-bond donors (Lipinski definition) is 2. The van der Waals surface area contributed by atoms with Gasteiger partial charge in [0.2, 0.25) is 6.08 Å². The lowest BCUT2D eigenvalue weighted by Crippen LogP contribution is -2.49. The van der Waals surface area contributed by atoms with Crippen molar-refractivity contribution in [2.24, 2.45) is 22.9 Å². The maximum atomic E-state index is 12.7. The van der Waals surface area contributed by atoms with Crippen molar-refractivity contribution in [3.63, 3.8) is 0 Å². The van der Waals surface area contributed by atoms with Crippen LogP contribution in [0.3, 0.4) is 0 Å². The van der Waals surface area contributed by atoms with Gasteiger partial charge in [-0.05, 0) is 43.9 Å². The second-order valence-corrected chi connectivity index (χ2v) is 8.92. The smallest absolute Gasteiger partial charge is 0.343 e. The van der Waals surface area contributed by atoms with E-state index in [2.05, 4.69) is 41.5 Å². The third kappa shape index (κ3) is 5.67. The Bertz CT molecular complexity index is 825. The number of hydrogen-bond acceptors (Lipinski definition) is 6. The molecule has 9 nitrogen and oxygen atoms in total. The number of rotatable bonds is 6. The lowest BCUT2D eigenvalue weighted by molar-refractivity contribution is 0.0526. The maximum absolute atomic E-state index is 12.7. The van der Waals surface area contributed by atoms with E-state index in [4.69, 9.17) is 4.74 Å². The van der Waals surface area contributed by atoms with Crippen molar-refractivity contribution < 1.29 is 19.1 Å². The summed E-state index contributed by atoms with van der Waals surface area (Å²) in [5.74, 6) is -0.228. The summed E-state index contributed by atoms with van der Waals surface area (Å²) in [5, 5.41) is 9.97. The van der Waals surface area contributed by atoms with Crippen molar-refractivity contribution in [2.75, 3.05) is 18.5 Å². The first-order valence-electron chi connectivity index (χ1n) is 9.82. The molecule has 0 radical (unpaired) electrons. The number of aromatic nitrogens is 2. The molecule has 2 N–H and O–H groups in total. The summed E-state index contributed by atoms with van der Waals surface area (Å²) in [6.45, 7) is 10.4. The second-order valence-electron chi connectivity index (χ2n) is 8.92. The molecule has 9 heteroatoms. The van der Waals surface area contributed by atoms with Crippen LogP contribution in [0.5, 0.6) is 0 Å². The molecule has 2 amide bonds. The number of carbonyl (C=O) groups excluding carboxylic acids is 3. The highest BCUT2D eigenvalue weighted by Crippen LogP contribution is 2.46. The van der Waals surface area contributed by atoms with Crippen LogP contribution in [-0.4, -0.2) is 47.1 Å². The zero-order chi connectivity index (χ0) is 21.8. The summed E-state index contributed by atoms with van der Waals surface area (Å²) in [6, 6.07) is -0.506. The number of urea groups is 1. The van der Waals surface area contributed by atoms with Crippen LogP contribution >= 0.6 is 0 Å². The summed E-state index contributed by atoms with van der Waals surface area (Å²) in [6.07, 6.45) is 4.02. The molecule has 29 heavy (non-hydrogen) atoms. The predicted molar refractivity (Wildman–Crippen MR) is 109 cm³/mol. The van der Waals surface area contributed by atoms with Gasteiger partial charge in [0.1, 0.15) is 11.4 Å². The molecule has 0 spiro atoms. The number of aliphatic imine (C=N–C) groups is 1. The quantitative estimate of drug-likeness (QED) is 0.429. The van der Waals surface area contributed by atoms with Gasteiger partial charge in [0.15, 0.2) is 0 Å². The first-order valence-corrected chi connectivity index (χ1v) is 9.82. The number of nitrogens with zero attached hydrogens (tertiary/aromatic N) is 3. The molecule has 1 saturated carbocycles. The topological polar surface area (TPSA) is 115 Å². The molecule has 2 rings (SSSR count). The van der Waals surface area contributed by atoms with Gasteiger partial charge in [-0.2, -0.15) is 5.10 Å². The number of ether oxygens (including phenoxy) is 1. The van der Waals surface area contributed by atoms with E-state index in [1.807, 2.05) is 0 Å². The zero-order valence-electron chi connectivity index (χ0n) is 18.1. The van der Waals surface area contributed by atoms with Gasteiger partial charge in [-0.1, -0.05) is 20.8 Å². The van der Waals surface area contributed by atoms with E-state index in [-0.39, 0.29) is 29.0 Å². The Morgan fingerprint density at radius 3 is 2.66 bits per heavy atom. The highest BCUT2D eigenvalue weighted by atomic mass is 16.5. The highest BCUT2D eigenvalue weighted by Gasteiger charge is 2.41. The fourth-order valence-electron chi connectivity index (χ4n) is 4.66. The summed E-state index contributed by atoms with van der Waals surface area (Å²) in [5.41, 5.74) is 0.525. The molecule has 1 fully saturated rings. The average Bonchev–Trinajstić information content (AvgIpc) is 2.84. The molecule has 1 aromatic heterocycles. The second kappa shape index (κ2) is 8.78. The Labute approximate surface area is 171 Å². The first kappa shape index (κ1) is 22.6. The molecule has 0 bridgehead atoms. The van der Waals surface area contributed by atoms with Crippen LogP contribution in [0.2, 0.25) is 0 Å². The third-order valence-corrected chi connectivity index (χ3v) is 5.24. The van der Waals surface area contributed by atoms with Gasteiger partial charge in [0.05, 0.1) is 18.8 Å². The fraction of sp³-hybridized carbons (Fsp3) is 0.700. The van der Waals surface area contributed by atoms with Crippen molar-refractivity contribution in [3.05, 3.63) is 11.3 Å². The van der Waals surface area contributed by atoms with Crippen molar-refractivity contribution >= 4 is 23.9 Å². The molecule has 1 heterocycles. The maximum Gasteiger partial charge on any atom is 0.343 e. The number of nitrogens with one attached hydrogen (secondary N) is 2. The summed E-state index contributed by atoms with van der Waals surface area (Å²) in [4.78, 5) is 39.3. The predicted octanol–water partition coefficient (Wildman–Crippen LogP) is 2.95. The van der Waals surface area contributed by atoms with Gasteiger partial charge < -0.3 is 10.1 Å². The fourth-order valence-corrected chi connectivity index (χ4v) is 4.66. The Hall–Kier alpha value is -2.67. The molecule has 0 aliphatic heterocycles. The number of anilines is 1. The van der Waals surface area contributed by atoms with E-state index >= 15 is 0 Å². The molecule has 2 unspecified atom stereocenters. The van der Waals surface area contributed by atoms with Crippen LogP contribution in [0.25, 0.3) is 0 Å². The zero-order valence-corrected chi connectivity index (χ0v) is 18.1. The van der Waals surface area contributed by atoms with Gasteiger partial charge in [-0.25, -0.2) is 19.4 Å². The largest absolute Gasteiger partial charge is 0.462 e. The number of aryl methyl sites for hydroxylation is 2.